The van der Waals surface area contributed by atoms with E-state index >= 15 is 0 Å². The molecule has 0 saturated heterocycles. The topological polar surface area (TPSA) is 12.0 Å². The average molecular weight is 272 g/mol. The molecular weight excluding hydrogens is 261 g/mol. The van der Waals surface area contributed by atoms with Crippen molar-refractivity contribution in [2.75, 3.05) is 7.05 Å². The van der Waals surface area contributed by atoms with E-state index in [0.29, 0.717) is 0 Å². The summed E-state index contributed by atoms with van der Waals surface area (Å²) in [5.41, 5.74) is 2.17. The second-order valence-corrected chi connectivity index (χ2v) is 5.17. The van der Waals surface area contributed by atoms with Crippen molar-refractivity contribution in [1.82, 2.24) is 5.32 Å². The molecule has 0 amide bonds. The van der Waals surface area contributed by atoms with Crippen molar-refractivity contribution < 1.29 is 0 Å². The molecule has 1 aromatic heterocycles. The molecule has 1 heterocycles. The summed E-state index contributed by atoms with van der Waals surface area (Å²) < 4.78 is 0. The molecule has 4 heteroatoms. The molecule has 2 aromatic rings. The molecule has 2 rings (SSSR count). The van der Waals surface area contributed by atoms with Gasteiger partial charge in [0.25, 0.3) is 0 Å². The molecule has 0 aliphatic rings. The van der Waals surface area contributed by atoms with Gasteiger partial charge in [-0.25, -0.2) is 0 Å². The predicted molar refractivity (Wildman–Crippen MR) is 72.5 cm³/mol. The first kappa shape index (κ1) is 11.9. The first-order valence-corrected chi connectivity index (χ1v) is 6.52. The minimum Gasteiger partial charge on any atom is -0.316 e. The van der Waals surface area contributed by atoms with Gasteiger partial charge in [-0.2, -0.15) is 0 Å². The highest BCUT2D eigenvalue weighted by Gasteiger charge is 2.09. The summed E-state index contributed by atoms with van der Waals surface area (Å²) in [6.45, 7) is 0.818. The van der Waals surface area contributed by atoms with Crippen LogP contribution in [0.1, 0.15) is 5.56 Å². The van der Waals surface area contributed by atoms with Gasteiger partial charge in [0.1, 0.15) is 0 Å². The first-order valence-electron chi connectivity index (χ1n) is 4.88. The Balaban J connectivity index is 2.40. The second-order valence-electron chi connectivity index (χ2n) is 3.44. The van der Waals surface area contributed by atoms with E-state index in [1.54, 1.807) is 11.3 Å². The monoisotopic (exact) mass is 271 g/mol. The number of hydrogen-bond donors (Lipinski definition) is 1. The summed E-state index contributed by atoms with van der Waals surface area (Å²) in [7, 11) is 1.91. The minimum atomic E-state index is 0.747. The predicted octanol–water partition coefficient (Wildman–Crippen LogP) is 4.44. The fraction of sp³-hybridized carbons (Fsp3) is 0.167. The van der Waals surface area contributed by atoms with Gasteiger partial charge in [-0.1, -0.05) is 35.3 Å². The van der Waals surface area contributed by atoms with Gasteiger partial charge in [0.2, 0.25) is 0 Å². The Hall–Kier alpha value is -0.540. The van der Waals surface area contributed by atoms with Crippen LogP contribution >= 0.6 is 34.5 Å². The number of rotatable bonds is 3. The molecule has 0 unspecified atom stereocenters. The quantitative estimate of drug-likeness (QED) is 0.870. The zero-order valence-electron chi connectivity index (χ0n) is 8.76. The van der Waals surface area contributed by atoms with Gasteiger partial charge in [-0.3, -0.25) is 0 Å². The molecule has 0 aliphatic heterocycles. The van der Waals surface area contributed by atoms with E-state index in [-0.39, 0.29) is 0 Å². The van der Waals surface area contributed by atoms with Crippen molar-refractivity contribution >= 4 is 34.5 Å². The van der Waals surface area contributed by atoms with Crippen molar-refractivity contribution in [3.63, 3.8) is 0 Å². The number of hydrogen-bond acceptors (Lipinski definition) is 2. The lowest BCUT2D eigenvalue weighted by Gasteiger charge is -2.06. The van der Waals surface area contributed by atoms with Crippen LogP contribution in [0.25, 0.3) is 10.4 Å². The highest BCUT2D eigenvalue weighted by atomic mass is 35.5. The molecule has 16 heavy (non-hydrogen) atoms. The van der Waals surface area contributed by atoms with Gasteiger partial charge in [0.15, 0.2) is 0 Å². The van der Waals surface area contributed by atoms with Crippen molar-refractivity contribution in [3.05, 3.63) is 45.3 Å². The number of nitrogens with one attached hydrogen (secondary N) is 1. The fourth-order valence-corrected chi connectivity index (χ4v) is 3.10. The zero-order valence-corrected chi connectivity index (χ0v) is 11.1. The average Bonchev–Trinajstić information content (AvgIpc) is 2.65. The number of thiophene rings is 1. The van der Waals surface area contributed by atoms with Crippen molar-refractivity contribution in [1.29, 1.82) is 0 Å². The largest absolute Gasteiger partial charge is 0.316 e. The van der Waals surface area contributed by atoms with E-state index in [4.69, 9.17) is 23.2 Å². The zero-order chi connectivity index (χ0) is 11.5. The van der Waals surface area contributed by atoms with Gasteiger partial charge < -0.3 is 5.32 Å². The maximum Gasteiger partial charge on any atom is 0.0592 e. The molecule has 0 spiro atoms. The highest BCUT2D eigenvalue weighted by Crippen LogP contribution is 2.37. The van der Waals surface area contributed by atoms with E-state index in [1.165, 1.54) is 5.56 Å². The van der Waals surface area contributed by atoms with Gasteiger partial charge in [0.05, 0.1) is 9.90 Å². The second kappa shape index (κ2) is 5.19. The Morgan fingerprint density at radius 1 is 1.19 bits per heavy atom. The SMILES string of the molecule is CNCc1ccc(-c2sccc2Cl)c(Cl)c1. The Morgan fingerprint density at radius 3 is 2.56 bits per heavy atom. The van der Waals surface area contributed by atoms with Crippen LogP contribution in [0.15, 0.2) is 29.6 Å². The molecule has 84 valence electrons. The summed E-state index contributed by atoms with van der Waals surface area (Å²) in [5, 5.41) is 6.57. The van der Waals surface area contributed by atoms with E-state index in [9.17, 15) is 0 Å². The van der Waals surface area contributed by atoms with Crippen molar-refractivity contribution in [2.24, 2.45) is 0 Å². The third kappa shape index (κ3) is 2.41. The van der Waals surface area contributed by atoms with Crippen LogP contribution in [-0.2, 0) is 6.54 Å². The molecule has 1 nitrogen and oxygen atoms in total. The smallest absolute Gasteiger partial charge is 0.0592 e. The Kier molecular flexibility index (Phi) is 3.87. The summed E-state index contributed by atoms with van der Waals surface area (Å²) in [5.74, 6) is 0. The minimum absolute atomic E-state index is 0.747. The lowest BCUT2D eigenvalue weighted by molar-refractivity contribution is 0.818. The lowest BCUT2D eigenvalue weighted by Crippen LogP contribution is -2.04. The lowest BCUT2D eigenvalue weighted by atomic mass is 10.1. The molecular formula is C12H11Cl2NS. The Labute approximate surface area is 109 Å². The van der Waals surface area contributed by atoms with Gasteiger partial charge >= 0.3 is 0 Å². The van der Waals surface area contributed by atoms with Crippen LogP contribution in [0.5, 0.6) is 0 Å². The first-order chi connectivity index (χ1) is 7.72. The molecule has 1 aromatic carbocycles. The Morgan fingerprint density at radius 2 is 2.00 bits per heavy atom. The van der Waals surface area contributed by atoms with Crippen molar-refractivity contribution in [2.45, 2.75) is 6.54 Å². The van der Waals surface area contributed by atoms with Crippen LogP contribution < -0.4 is 5.32 Å². The summed E-state index contributed by atoms with van der Waals surface area (Å²) >= 11 is 13.9. The van der Waals surface area contributed by atoms with Crippen LogP contribution in [-0.4, -0.2) is 7.05 Å². The summed E-state index contributed by atoms with van der Waals surface area (Å²) in [4.78, 5) is 1.03. The molecule has 0 saturated carbocycles. The van der Waals surface area contributed by atoms with Crippen LogP contribution in [0.4, 0.5) is 0 Å². The third-order valence-corrected chi connectivity index (χ3v) is 3.96. The maximum atomic E-state index is 6.25. The Bertz CT molecular complexity index is 494. The summed E-state index contributed by atoms with van der Waals surface area (Å²) in [6.07, 6.45) is 0. The maximum absolute atomic E-state index is 6.25. The van der Waals surface area contributed by atoms with Crippen LogP contribution in [0.3, 0.4) is 0 Å². The molecule has 0 atom stereocenters. The van der Waals surface area contributed by atoms with Gasteiger partial charge in [0, 0.05) is 17.1 Å². The number of halogens is 2. The van der Waals surface area contributed by atoms with Gasteiger partial charge in [-0.05, 0) is 30.1 Å². The fourth-order valence-electron chi connectivity index (χ4n) is 1.54. The van der Waals surface area contributed by atoms with Crippen LogP contribution in [0, 0.1) is 0 Å². The molecule has 0 bridgehead atoms. The van der Waals surface area contributed by atoms with Gasteiger partial charge in [-0.15, -0.1) is 11.3 Å². The standard InChI is InChI=1S/C12H11Cl2NS/c1-15-7-8-2-3-9(11(14)6-8)12-10(13)4-5-16-12/h2-6,15H,7H2,1H3. The molecule has 0 fully saturated rings. The van der Waals surface area contributed by atoms with Crippen molar-refractivity contribution in [3.8, 4) is 10.4 Å². The molecule has 0 radical (unpaired) electrons. The summed E-state index contributed by atoms with van der Waals surface area (Å²) in [6, 6.07) is 7.95. The molecule has 1 N–H and O–H groups in total. The number of benzene rings is 1. The normalized spacial score (nSPS) is 10.7. The van der Waals surface area contributed by atoms with E-state index in [2.05, 4.69) is 11.4 Å². The van der Waals surface area contributed by atoms with E-state index in [1.807, 2.05) is 30.6 Å². The van der Waals surface area contributed by atoms with E-state index in [0.717, 1.165) is 27.0 Å². The van der Waals surface area contributed by atoms with E-state index < -0.39 is 0 Å². The molecule has 0 aliphatic carbocycles. The van der Waals surface area contributed by atoms with Crippen LogP contribution in [0.2, 0.25) is 10.0 Å². The third-order valence-electron chi connectivity index (χ3n) is 2.28. The highest BCUT2D eigenvalue weighted by molar-refractivity contribution is 7.14.